The van der Waals surface area contributed by atoms with Crippen LogP contribution >= 0.6 is 11.3 Å². The summed E-state index contributed by atoms with van der Waals surface area (Å²) in [6, 6.07) is 10.8. The predicted molar refractivity (Wildman–Crippen MR) is 109 cm³/mol. The van der Waals surface area contributed by atoms with Gasteiger partial charge in [-0.1, -0.05) is 18.2 Å². The molecule has 0 atom stereocenters. The smallest absolute Gasteiger partial charge is 0.270 e. The molecule has 0 fully saturated rings. The summed E-state index contributed by atoms with van der Waals surface area (Å²) in [6.45, 7) is 2.24. The van der Waals surface area contributed by atoms with Crippen LogP contribution in [0.3, 0.4) is 0 Å². The van der Waals surface area contributed by atoms with Crippen molar-refractivity contribution >= 4 is 33.0 Å². The predicted octanol–water partition coefficient (Wildman–Crippen LogP) is 3.03. The largest absolute Gasteiger partial charge is 0.307 e. The lowest BCUT2D eigenvalue weighted by atomic mass is 10.1. The molecule has 150 valence electrons. The number of nitrogens with zero attached hydrogens (tertiary/aromatic N) is 2. The molecule has 0 unspecified atom stereocenters. The normalized spacial score (nSPS) is 13.6. The van der Waals surface area contributed by atoms with E-state index in [0.717, 1.165) is 16.1 Å². The number of sulfonamides is 1. The number of carbonyl (C=O) groups excluding carboxylic acids is 1. The quantitative estimate of drug-likeness (QED) is 0.687. The van der Waals surface area contributed by atoms with Crippen LogP contribution in [0.1, 0.15) is 31.5 Å². The van der Waals surface area contributed by atoms with Crippen molar-refractivity contribution in [3.05, 3.63) is 75.0 Å². The van der Waals surface area contributed by atoms with Crippen LogP contribution in [0.2, 0.25) is 0 Å². The molecule has 0 spiro atoms. The summed E-state index contributed by atoms with van der Waals surface area (Å²) >= 11 is 1.30. The van der Waals surface area contributed by atoms with Crippen molar-refractivity contribution in [3.63, 3.8) is 0 Å². The van der Waals surface area contributed by atoms with E-state index >= 15 is 0 Å². The Hall–Kier alpha value is -2.62. The second kappa shape index (κ2) is 7.33. The lowest BCUT2D eigenvalue weighted by Gasteiger charge is -2.17. The number of rotatable bonds is 4. The maximum Gasteiger partial charge on any atom is 0.270 e. The molecule has 29 heavy (non-hydrogen) atoms. The van der Waals surface area contributed by atoms with E-state index in [1.54, 1.807) is 30.0 Å². The number of carbonyl (C=O) groups is 1. The molecule has 6 nitrogen and oxygen atoms in total. The minimum atomic E-state index is -3.85. The standard InChI is InChI=1S/C20H18FN3O3S2/c1-12-19(28-18(23-12)10-13-2-5-15(21)6-3-13)20(25)24-9-8-14-4-7-16(11-17(14)24)29(22,26)27/h2-7,11H,8-10H2,1H3,(H2,22,26,27). The molecule has 0 saturated carbocycles. The Morgan fingerprint density at radius 2 is 1.97 bits per heavy atom. The van der Waals surface area contributed by atoms with Crippen LogP contribution in [-0.2, 0) is 22.9 Å². The number of primary sulfonamides is 1. The molecule has 3 aromatic rings. The first-order valence-electron chi connectivity index (χ1n) is 8.91. The number of amides is 1. The third-order valence-electron chi connectivity index (χ3n) is 4.83. The van der Waals surface area contributed by atoms with E-state index in [-0.39, 0.29) is 16.6 Å². The van der Waals surface area contributed by atoms with Crippen molar-refractivity contribution < 1.29 is 17.6 Å². The monoisotopic (exact) mass is 431 g/mol. The molecule has 0 aliphatic carbocycles. The Kier molecular flexibility index (Phi) is 4.97. The molecule has 1 aromatic heterocycles. The zero-order valence-electron chi connectivity index (χ0n) is 15.6. The summed E-state index contributed by atoms with van der Waals surface area (Å²) in [5.41, 5.74) is 2.99. The first-order valence-corrected chi connectivity index (χ1v) is 11.3. The average molecular weight is 432 g/mol. The lowest BCUT2D eigenvalue weighted by molar-refractivity contribution is 0.0992. The summed E-state index contributed by atoms with van der Waals surface area (Å²) in [5.74, 6) is -0.512. The molecule has 0 saturated heterocycles. The first kappa shape index (κ1) is 19.7. The molecular weight excluding hydrogens is 413 g/mol. The van der Waals surface area contributed by atoms with Gasteiger partial charge in [0.1, 0.15) is 10.7 Å². The van der Waals surface area contributed by atoms with Gasteiger partial charge in [-0.05, 0) is 48.7 Å². The van der Waals surface area contributed by atoms with Gasteiger partial charge in [-0.25, -0.2) is 22.9 Å². The van der Waals surface area contributed by atoms with Crippen molar-refractivity contribution in [2.24, 2.45) is 5.14 Å². The Labute approximate surface area is 171 Å². The van der Waals surface area contributed by atoms with E-state index in [9.17, 15) is 17.6 Å². The van der Waals surface area contributed by atoms with E-state index in [2.05, 4.69) is 4.98 Å². The van der Waals surface area contributed by atoms with Gasteiger partial charge in [0.2, 0.25) is 10.0 Å². The highest BCUT2D eigenvalue weighted by Crippen LogP contribution is 2.33. The van der Waals surface area contributed by atoms with Crippen LogP contribution in [0.15, 0.2) is 47.4 Å². The van der Waals surface area contributed by atoms with E-state index in [1.165, 1.54) is 35.6 Å². The highest BCUT2D eigenvalue weighted by atomic mass is 32.2. The molecule has 2 heterocycles. The van der Waals surface area contributed by atoms with Crippen LogP contribution in [0.5, 0.6) is 0 Å². The van der Waals surface area contributed by atoms with Crippen molar-refractivity contribution in [1.29, 1.82) is 0 Å². The molecule has 2 aromatic carbocycles. The highest BCUT2D eigenvalue weighted by molar-refractivity contribution is 7.89. The number of aromatic nitrogens is 1. The Bertz CT molecular complexity index is 1200. The van der Waals surface area contributed by atoms with Crippen molar-refractivity contribution in [3.8, 4) is 0 Å². The molecular formula is C20H18FN3O3S2. The van der Waals surface area contributed by atoms with Crippen LogP contribution in [0.25, 0.3) is 0 Å². The topological polar surface area (TPSA) is 93.4 Å². The SMILES string of the molecule is Cc1nc(Cc2ccc(F)cc2)sc1C(=O)N1CCc2ccc(S(N)(=O)=O)cc21. The van der Waals surface area contributed by atoms with Gasteiger partial charge in [0.15, 0.2) is 0 Å². The number of fused-ring (bicyclic) bond motifs is 1. The lowest BCUT2D eigenvalue weighted by Crippen LogP contribution is -2.29. The number of nitrogens with two attached hydrogens (primary N) is 1. The average Bonchev–Trinajstić information content (AvgIpc) is 3.25. The van der Waals surface area contributed by atoms with Gasteiger partial charge in [-0.15, -0.1) is 11.3 Å². The molecule has 0 radical (unpaired) electrons. The van der Waals surface area contributed by atoms with Crippen LogP contribution in [-0.4, -0.2) is 25.9 Å². The molecule has 1 aliphatic rings. The molecule has 2 N–H and O–H groups in total. The molecule has 0 bridgehead atoms. The van der Waals surface area contributed by atoms with E-state index in [4.69, 9.17) is 5.14 Å². The number of benzene rings is 2. The van der Waals surface area contributed by atoms with Crippen molar-refractivity contribution in [1.82, 2.24) is 4.98 Å². The van der Waals surface area contributed by atoms with Crippen molar-refractivity contribution in [2.75, 3.05) is 11.4 Å². The number of halogens is 1. The summed E-state index contributed by atoms with van der Waals surface area (Å²) in [4.78, 5) is 19.7. The Morgan fingerprint density at radius 3 is 2.66 bits per heavy atom. The number of hydrogen-bond donors (Lipinski definition) is 1. The fraction of sp³-hybridized carbons (Fsp3) is 0.200. The minimum Gasteiger partial charge on any atom is -0.307 e. The van der Waals surface area contributed by atoms with E-state index in [1.807, 2.05) is 0 Å². The van der Waals surface area contributed by atoms with E-state index in [0.29, 0.717) is 35.6 Å². The van der Waals surface area contributed by atoms with Crippen LogP contribution in [0, 0.1) is 12.7 Å². The van der Waals surface area contributed by atoms with Gasteiger partial charge in [0, 0.05) is 18.7 Å². The van der Waals surface area contributed by atoms with Crippen molar-refractivity contribution in [2.45, 2.75) is 24.7 Å². The number of anilines is 1. The summed E-state index contributed by atoms with van der Waals surface area (Å²) in [7, 11) is -3.85. The zero-order chi connectivity index (χ0) is 20.8. The third-order valence-corrected chi connectivity index (χ3v) is 6.89. The van der Waals surface area contributed by atoms with Gasteiger partial charge < -0.3 is 4.90 Å². The second-order valence-corrected chi connectivity index (χ2v) is 9.51. The van der Waals surface area contributed by atoms with Gasteiger partial charge >= 0.3 is 0 Å². The fourth-order valence-electron chi connectivity index (χ4n) is 3.37. The Morgan fingerprint density at radius 1 is 1.24 bits per heavy atom. The van der Waals surface area contributed by atoms with Gasteiger partial charge in [0.25, 0.3) is 5.91 Å². The van der Waals surface area contributed by atoms with E-state index < -0.39 is 10.0 Å². The first-order chi connectivity index (χ1) is 13.7. The number of hydrogen-bond acceptors (Lipinski definition) is 5. The van der Waals surface area contributed by atoms with Crippen LogP contribution in [0.4, 0.5) is 10.1 Å². The summed E-state index contributed by atoms with van der Waals surface area (Å²) in [6.07, 6.45) is 1.15. The number of aryl methyl sites for hydroxylation is 1. The maximum atomic E-state index is 13.2. The summed E-state index contributed by atoms with van der Waals surface area (Å²) < 4.78 is 36.4. The zero-order valence-corrected chi connectivity index (χ0v) is 17.2. The minimum absolute atomic E-state index is 0.0195. The van der Waals surface area contributed by atoms with Gasteiger partial charge in [0.05, 0.1) is 15.6 Å². The molecule has 1 amide bonds. The molecule has 4 rings (SSSR count). The fourth-order valence-corrected chi connectivity index (χ4v) is 4.95. The maximum absolute atomic E-state index is 13.2. The summed E-state index contributed by atoms with van der Waals surface area (Å²) in [5, 5.41) is 5.99. The van der Waals surface area contributed by atoms with Crippen LogP contribution < -0.4 is 10.0 Å². The van der Waals surface area contributed by atoms with Gasteiger partial charge in [-0.3, -0.25) is 4.79 Å². The molecule has 9 heteroatoms. The third kappa shape index (κ3) is 3.93. The second-order valence-electron chi connectivity index (χ2n) is 6.87. The number of thiazole rings is 1. The molecule has 1 aliphatic heterocycles. The highest BCUT2D eigenvalue weighted by Gasteiger charge is 2.29. The van der Waals surface area contributed by atoms with Gasteiger partial charge in [-0.2, -0.15) is 0 Å². The Balaban J connectivity index is 1.62.